The van der Waals surface area contributed by atoms with Crippen LogP contribution in [0.25, 0.3) is 0 Å². The third kappa shape index (κ3) is 5.96. The number of rotatable bonds is 7. The van der Waals surface area contributed by atoms with Crippen LogP contribution < -0.4 is 15.4 Å². The predicted octanol–water partition coefficient (Wildman–Crippen LogP) is 2.20. The molecule has 0 saturated carbocycles. The van der Waals surface area contributed by atoms with E-state index in [4.69, 9.17) is 4.74 Å². The van der Waals surface area contributed by atoms with Gasteiger partial charge in [0.15, 0.2) is 6.61 Å². The van der Waals surface area contributed by atoms with Crippen molar-refractivity contribution in [1.82, 2.24) is 4.98 Å². The zero-order chi connectivity index (χ0) is 16.7. The van der Waals surface area contributed by atoms with E-state index in [1.807, 2.05) is 31.2 Å². The Morgan fingerprint density at radius 2 is 2.00 bits per heavy atom. The number of amides is 1. The number of nitrogens with one attached hydrogen (secondary N) is 2. The molecular formula is C17H21N3O3. The molecule has 1 heterocycles. The molecule has 0 aliphatic carbocycles. The van der Waals surface area contributed by atoms with Crippen molar-refractivity contribution in [2.75, 3.05) is 23.8 Å². The molecule has 6 nitrogen and oxygen atoms in total. The molecule has 1 unspecified atom stereocenters. The number of hydrogen-bond acceptors (Lipinski definition) is 5. The average molecular weight is 315 g/mol. The molecule has 0 aliphatic heterocycles. The van der Waals surface area contributed by atoms with Crippen molar-refractivity contribution < 1.29 is 14.6 Å². The van der Waals surface area contributed by atoms with E-state index in [0.29, 0.717) is 23.8 Å². The fourth-order valence-electron chi connectivity index (χ4n) is 1.81. The van der Waals surface area contributed by atoms with Gasteiger partial charge in [0.05, 0.1) is 18.0 Å². The normalized spacial score (nSPS) is 11.6. The van der Waals surface area contributed by atoms with Gasteiger partial charge >= 0.3 is 0 Å². The van der Waals surface area contributed by atoms with Crippen LogP contribution in [-0.4, -0.2) is 35.3 Å². The number of aliphatic hydroxyl groups excluding tert-OH is 1. The van der Waals surface area contributed by atoms with Crippen LogP contribution in [0, 0.1) is 6.92 Å². The molecule has 0 aliphatic rings. The lowest BCUT2D eigenvalue weighted by atomic mass is 10.2. The number of nitrogens with zero attached hydrogens (tertiary/aromatic N) is 1. The van der Waals surface area contributed by atoms with E-state index < -0.39 is 6.10 Å². The van der Waals surface area contributed by atoms with Gasteiger partial charge in [0.1, 0.15) is 11.6 Å². The monoisotopic (exact) mass is 315 g/mol. The van der Waals surface area contributed by atoms with E-state index in [9.17, 15) is 9.90 Å². The van der Waals surface area contributed by atoms with Crippen LogP contribution in [0.1, 0.15) is 12.5 Å². The van der Waals surface area contributed by atoms with E-state index >= 15 is 0 Å². The summed E-state index contributed by atoms with van der Waals surface area (Å²) in [5, 5.41) is 14.9. The fraction of sp³-hybridized carbons (Fsp3) is 0.294. The smallest absolute Gasteiger partial charge is 0.262 e. The molecular weight excluding hydrogens is 294 g/mol. The third-order valence-corrected chi connectivity index (χ3v) is 3.02. The van der Waals surface area contributed by atoms with Gasteiger partial charge in [-0.2, -0.15) is 0 Å². The lowest BCUT2D eigenvalue weighted by Crippen LogP contribution is -2.20. The van der Waals surface area contributed by atoms with Gasteiger partial charge in [0.25, 0.3) is 5.91 Å². The fourth-order valence-corrected chi connectivity index (χ4v) is 1.81. The average Bonchev–Trinajstić information content (AvgIpc) is 2.53. The summed E-state index contributed by atoms with van der Waals surface area (Å²) in [7, 11) is 0. The Balaban J connectivity index is 1.79. The summed E-state index contributed by atoms with van der Waals surface area (Å²) in [4.78, 5) is 16.0. The van der Waals surface area contributed by atoms with E-state index in [1.165, 1.54) is 0 Å². The van der Waals surface area contributed by atoms with Crippen LogP contribution >= 0.6 is 0 Å². The van der Waals surface area contributed by atoms with Gasteiger partial charge < -0.3 is 20.5 Å². The van der Waals surface area contributed by atoms with Crippen molar-refractivity contribution in [3.63, 3.8) is 0 Å². The molecule has 0 fully saturated rings. The zero-order valence-corrected chi connectivity index (χ0v) is 13.2. The SMILES string of the molecule is Cc1ccc(OCC(=O)Nc2ccc(NCC(C)O)nc2)cc1. The summed E-state index contributed by atoms with van der Waals surface area (Å²) in [5.74, 6) is 1.04. The van der Waals surface area contributed by atoms with Crippen molar-refractivity contribution in [3.05, 3.63) is 48.2 Å². The number of aryl methyl sites for hydroxylation is 1. The van der Waals surface area contributed by atoms with Crippen LogP contribution in [0.4, 0.5) is 11.5 Å². The first-order valence-corrected chi connectivity index (χ1v) is 7.40. The summed E-state index contributed by atoms with van der Waals surface area (Å²) in [6.45, 7) is 4.03. The minimum Gasteiger partial charge on any atom is -0.484 e. The number of ether oxygens (including phenoxy) is 1. The second-order valence-electron chi connectivity index (χ2n) is 5.31. The summed E-state index contributed by atoms with van der Waals surface area (Å²) < 4.78 is 5.41. The first kappa shape index (κ1) is 16.8. The summed E-state index contributed by atoms with van der Waals surface area (Å²) in [6.07, 6.45) is 1.10. The number of benzene rings is 1. The van der Waals surface area contributed by atoms with Gasteiger partial charge in [-0.15, -0.1) is 0 Å². The van der Waals surface area contributed by atoms with Gasteiger partial charge in [0.2, 0.25) is 0 Å². The third-order valence-electron chi connectivity index (χ3n) is 3.02. The van der Waals surface area contributed by atoms with Crippen molar-refractivity contribution >= 4 is 17.4 Å². The van der Waals surface area contributed by atoms with E-state index in [1.54, 1.807) is 25.3 Å². The first-order valence-electron chi connectivity index (χ1n) is 7.40. The Morgan fingerprint density at radius 3 is 2.61 bits per heavy atom. The van der Waals surface area contributed by atoms with Crippen molar-refractivity contribution in [1.29, 1.82) is 0 Å². The lowest BCUT2D eigenvalue weighted by molar-refractivity contribution is -0.118. The van der Waals surface area contributed by atoms with Gasteiger partial charge in [-0.25, -0.2) is 4.98 Å². The predicted molar refractivity (Wildman–Crippen MR) is 89.7 cm³/mol. The topological polar surface area (TPSA) is 83.5 Å². The maximum absolute atomic E-state index is 11.8. The largest absolute Gasteiger partial charge is 0.484 e. The molecule has 1 aromatic heterocycles. The molecule has 1 aromatic carbocycles. The Bertz CT molecular complexity index is 625. The second-order valence-corrected chi connectivity index (χ2v) is 5.31. The molecule has 0 bridgehead atoms. The molecule has 3 N–H and O–H groups in total. The Hall–Kier alpha value is -2.60. The number of carbonyl (C=O) groups is 1. The molecule has 1 amide bonds. The minimum absolute atomic E-state index is 0.0644. The summed E-state index contributed by atoms with van der Waals surface area (Å²) in [6, 6.07) is 11.0. The number of aliphatic hydroxyl groups is 1. The first-order chi connectivity index (χ1) is 11.0. The molecule has 2 rings (SSSR count). The Kier molecular flexibility index (Phi) is 5.94. The van der Waals surface area contributed by atoms with E-state index in [2.05, 4.69) is 15.6 Å². The van der Waals surface area contributed by atoms with Crippen molar-refractivity contribution in [3.8, 4) is 5.75 Å². The van der Waals surface area contributed by atoms with Gasteiger partial charge in [0, 0.05) is 6.54 Å². The number of anilines is 2. The molecule has 2 aromatic rings. The van der Waals surface area contributed by atoms with Crippen LogP contribution in [0.3, 0.4) is 0 Å². The molecule has 1 atom stereocenters. The number of hydrogen-bond donors (Lipinski definition) is 3. The maximum atomic E-state index is 11.8. The number of pyridine rings is 1. The molecule has 0 spiro atoms. The molecule has 122 valence electrons. The van der Waals surface area contributed by atoms with Crippen molar-refractivity contribution in [2.45, 2.75) is 20.0 Å². The van der Waals surface area contributed by atoms with Crippen LogP contribution in [-0.2, 0) is 4.79 Å². The van der Waals surface area contributed by atoms with E-state index in [0.717, 1.165) is 5.56 Å². The van der Waals surface area contributed by atoms with Crippen molar-refractivity contribution in [2.24, 2.45) is 0 Å². The van der Waals surface area contributed by atoms with Crippen LogP contribution in [0.2, 0.25) is 0 Å². The highest BCUT2D eigenvalue weighted by Gasteiger charge is 2.05. The number of aromatic nitrogens is 1. The second kappa shape index (κ2) is 8.14. The van der Waals surface area contributed by atoms with Gasteiger partial charge in [-0.1, -0.05) is 17.7 Å². The summed E-state index contributed by atoms with van der Waals surface area (Å²) in [5.41, 5.74) is 1.72. The molecule has 0 saturated heterocycles. The highest BCUT2D eigenvalue weighted by molar-refractivity contribution is 5.91. The molecule has 0 radical (unpaired) electrons. The minimum atomic E-state index is -0.449. The van der Waals surface area contributed by atoms with Gasteiger partial charge in [-0.05, 0) is 38.1 Å². The lowest BCUT2D eigenvalue weighted by Gasteiger charge is -2.09. The quantitative estimate of drug-likeness (QED) is 0.729. The van der Waals surface area contributed by atoms with Crippen LogP contribution in [0.5, 0.6) is 5.75 Å². The molecule has 23 heavy (non-hydrogen) atoms. The van der Waals surface area contributed by atoms with Gasteiger partial charge in [-0.3, -0.25) is 4.79 Å². The number of carbonyl (C=O) groups excluding carboxylic acids is 1. The summed E-state index contributed by atoms with van der Waals surface area (Å²) >= 11 is 0. The highest BCUT2D eigenvalue weighted by Crippen LogP contribution is 2.12. The molecule has 6 heteroatoms. The standard InChI is InChI=1S/C17H21N3O3/c1-12-3-6-15(7-4-12)23-11-17(22)20-14-5-8-16(19-10-14)18-9-13(2)21/h3-8,10,13,21H,9,11H2,1-2H3,(H,18,19)(H,20,22). The van der Waals surface area contributed by atoms with Crippen LogP contribution in [0.15, 0.2) is 42.6 Å². The zero-order valence-electron chi connectivity index (χ0n) is 13.2. The Labute approximate surface area is 135 Å². The maximum Gasteiger partial charge on any atom is 0.262 e. The Morgan fingerprint density at radius 1 is 1.26 bits per heavy atom. The van der Waals surface area contributed by atoms with E-state index in [-0.39, 0.29) is 12.5 Å². The highest BCUT2D eigenvalue weighted by atomic mass is 16.5.